The molecule has 0 aromatic heterocycles. The van der Waals surface area contributed by atoms with Gasteiger partial charge in [0.1, 0.15) is 5.25 Å². The number of rotatable bonds is 7. The molecular formula is C16H22O3S. The van der Waals surface area contributed by atoms with Gasteiger partial charge in [-0.05, 0) is 31.9 Å². The molecule has 1 unspecified atom stereocenters. The van der Waals surface area contributed by atoms with Crippen LogP contribution in [0.4, 0.5) is 0 Å². The summed E-state index contributed by atoms with van der Waals surface area (Å²) in [7, 11) is 1.39. The first kappa shape index (κ1) is 16.8. The molecule has 0 aliphatic carbocycles. The summed E-state index contributed by atoms with van der Waals surface area (Å²) >= 11 is 1.43. The van der Waals surface area contributed by atoms with Crippen LogP contribution in [-0.2, 0) is 9.53 Å². The molecule has 110 valence electrons. The topological polar surface area (TPSA) is 43.4 Å². The van der Waals surface area contributed by atoms with Crippen LogP contribution in [0.5, 0.6) is 0 Å². The van der Waals surface area contributed by atoms with Gasteiger partial charge in [0.2, 0.25) is 0 Å². The lowest BCUT2D eigenvalue weighted by Gasteiger charge is -2.12. The summed E-state index contributed by atoms with van der Waals surface area (Å²) in [4.78, 5) is 24.5. The van der Waals surface area contributed by atoms with E-state index < -0.39 is 0 Å². The third-order valence-corrected chi connectivity index (χ3v) is 4.43. The first-order valence-corrected chi connectivity index (χ1v) is 7.80. The van der Waals surface area contributed by atoms with E-state index in [0.29, 0.717) is 0 Å². The second-order valence-electron chi connectivity index (χ2n) is 4.69. The molecule has 3 nitrogen and oxygen atoms in total. The van der Waals surface area contributed by atoms with E-state index in [0.717, 1.165) is 23.3 Å². The lowest BCUT2D eigenvalue weighted by atomic mass is 9.93. The smallest absolute Gasteiger partial charge is 0.318 e. The summed E-state index contributed by atoms with van der Waals surface area (Å²) in [5, 5.41) is -0.249. The Hall–Kier alpha value is -1.29. The van der Waals surface area contributed by atoms with Crippen LogP contribution >= 0.6 is 11.8 Å². The molecular weight excluding hydrogens is 272 g/mol. The molecule has 1 aromatic rings. The van der Waals surface area contributed by atoms with Gasteiger partial charge in [-0.1, -0.05) is 26.0 Å². The molecule has 0 bridgehead atoms. The van der Waals surface area contributed by atoms with Crippen molar-refractivity contribution in [3.05, 3.63) is 29.8 Å². The Labute approximate surface area is 125 Å². The van der Waals surface area contributed by atoms with Crippen molar-refractivity contribution in [1.29, 1.82) is 0 Å². The van der Waals surface area contributed by atoms with Gasteiger partial charge in [0.15, 0.2) is 5.78 Å². The second-order valence-corrected chi connectivity index (χ2v) is 6.10. The maximum absolute atomic E-state index is 12.2. The molecule has 0 aliphatic heterocycles. The van der Waals surface area contributed by atoms with E-state index in [2.05, 4.69) is 0 Å². The van der Waals surface area contributed by atoms with Gasteiger partial charge in [-0.2, -0.15) is 0 Å². The van der Waals surface area contributed by atoms with Crippen LogP contribution in [0.3, 0.4) is 0 Å². The first-order chi connectivity index (χ1) is 9.53. The van der Waals surface area contributed by atoms with E-state index in [9.17, 15) is 9.59 Å². The summed E-state index contributed by atoms with van der Waals surface area (Å²) < 4.78 is 4.69. The Morgan fingerprint density at radius 2 is 1.70 bits per heavy atom. The molecule has 0 heterocycles. The van der Waals surface area contributed by atoms with Crippen molar-refractivity contribution < 1.29 is 14.3 Å². The van der Waals surface area contributed by atoms with Gasteiger partial charge in [-0.3, -0.25) is 9.59 Å². The number of ketones is 1. The van der Waals surface area contributed by atoms with E-state index in [1.165, 1.54) is 18.9 Å². The highest BCUT2D eigenvalue weighted by atomic mass is 32.2. The fourth-order valence-corrected chi connectivity index (χ4v) is 2.91. The average molecular weight is 294 g/mol. The predicted octanol–water partition coefficient (Wildman–Crippen LogP) is 3.96. The number of Topliss-reactive ketones (excluding diaryl/α,β-unsaturated/α-hetero) is 1. The van der Waals surface area contributed by atoms with Crippen LogP contribution in [0.25, 0.3) is 0 Å². The first-order valence-electron chi connectivity index (χ1n) is 6.92. The molecule has 0 amide bonds. The molecule has 1 atom stereocenters. The number of esters is 1. The van der Waals surface area contributed by atoms with Crippen LogP contribution in [-0.4, -0.2) is 24.1 Å². The van der Waals surface area contributed by atoms with Crippen LogP contribution in [0.15, 0.2) is 29.2 Å². The number of hydrogen-bond acceptors (Lipinski definition) is 4. The summed E-state index contributed by atoms with van der Waals surface area (Å²) in [6, 6.07) is 7.46. The fourth-order valence-electron chi connectivity index (χ4n) is 2.01. The van der Waals surface area contributed by atoms with Crippen molar-refractivity contribution in [2.45, 2.75) is 43.8 Å². The van der Waals surface area contributed by atoms with Crippen LogP contribution in [0.1, 0.15) is 44.0 Å². The van der Waals surface area contributed by atoms with E-state index >= 15 is 0 Å². The zero-order valence-corrected chi connectivity index (χ0v) is 13.3. The molecule has 0 radical (unpaired) electrons. The molecule has 0 aliphatic rings. The summed E-state index contributed by atoms with van der Waals surface area (Å²) in [5.74, 6) is 0.0576. The molecule has 0 saturated heterocycles. The minimum absolute atomic E-state index is 0.0995. The van der Waals surface area contributed by atoms with Gasteiger partial charge in [-0.15, -0.1) is 11.8 Å². The number of hydrogen-bond donors (Lipinski definition) is 0. The second kappa shape index (κ2) is 8.10. The fraction of sp³-hybridized carbons (Fsp3) is 0.500. The molecule has 0 fully saturated rings. The molecule has 4 heteroatoms. The zero-order valence-electron chi connectivity index (χ0n) is 12.5. The van der Waals surface area contributed by atoms with Gasteiger partial charge >= 0.3 is 5.97 Å². The zero-order chi connectivity index (χ0) is 15.1. The molecule has 0 spiro atoms. The Balaban J connectivity index is 2.74. The lowest BCUT2D eigenvalue weighted by molar-refractivity contribution is -0.139. The van der Waals surface area contributed by atoms with Gasteiger partial charge < -0.3 is 4.74 Å². The highest BCUT2D eigenvalue weighted by molar-refractivity contribution is 8.00. The predicted molar refractivity (Wildman–Crippen MR) is 82.2 cm³/mol. The lowest BCUT2D eigenvalue weighted by Crippen LogP contribution is -2.14. The van der Waals surface area contributed by atoms with Gasteiger partial charge in [-0.25, -0.2) is 0 Å². The summed E-state index contributed by atoms with van der Waals surface area (Å²) in [5.41, 5.74) is 0.744. The van der Waals surface area contributed by atoms with E-state index in [1.54, 1.807) is 6.92 Å². The minimum atomic E-state index is -0.249. The number of carbonyl (C=O) groups is 2. The molecule has 0 N–H and O–H groups in total. The monoisotopic (exact) mass is 294 g/mol. The largest absolute Gasteiger partial charge is 0.468 e. The Morgan fingerprint density at radius 1 is 1.15 bits per heavy atom. The molecule has 1 aromatic carbocycles. The van der Waals surface area contributed by atoms with Crippen LogP contribution in [0, 0.1) is 5.92 Å². The number of benzene rings is 1. The standard InChI is InChI=1S/C16H22O3S/c1-5-12(6-2)15(17)13-7-9-14(10-8-13)20-11(3)16(18)19-4/h7-12H,5-6H2,1-4H3. The molecule has 20 heavy (non-hydrogen) atoms. The Morgan fingerprint density at radius 3 is 2.15 bits per heavy atom. The highest BCUT2D eigenvalue weighted by Crippen LogP contribution is 2.25. The maximum Gasteiger partial charge on any atom is 0.318 e. The van der Waals surface area contributed by atoms with Crippen LogP contribution in [0.2, 0.25) is 0 Å². The summed E-state index contributed by atoms with van der Waals surface area (Å²) in [6.45, 7) is 5.88. The Bertz CT molecular complexity index is 449. The quantitative estimate of drug-likeness (QED) is 0.434. The van der Waals surface area contributed by atoms with Gasteiger partial charge in [0, 0.05) is 16.4 Å². The third kappa shape index (κ3) is 4.37. The van der Waals surface area contributed by atoms with Gasteiger partial charge in [0.25, 0.3) is 0 Å². The number of thioether (sulfide) groups is 1. The van der Waals surface area contributed by atoms with Gasteiger partial charge in [0.05, 0.1) is 7.11 Å². The Kier molecular flexibility index (Phi) is 6.79. The SMILES string of the molecule is CCC(CC)C(=O)c1ccc(SC(C)C(=O)OC)cc1. The van der Waals surface area contributed by atoms with Crippen molar-refractivity contribution in [2.24, 2.45) is 5.92 Å². The third-order valence-electron chi connectivity index (χ3n) is 3.34. The molecule has 0 saturated carbocycles. The number of carbonyl (C=O) groups excluding carboxylic acids is 2. The summed E-state index contributed by atoms with van der Waals surface area (Å²) in [6.07, 6.45) is 1.73. The normalized spacial score (nSPS) is 12.2. The van der Waals surface area contributed by atoms with Crippen LogP contribution < -0.4 is 0 Å². The van der Waals surface area contributed by atoms with E-state index in [-0.39, 0.29) is 22.9 Å². The van der Waals surface area contributed by atoms with Crippen molar-refractivity contribution in [3.63, 3.8) is 0 Å². The molecule has 1 rings (SSSR count). The average Bonchev–Trinajstić information content (AvgIpc) is 2.48. The highest BCUT2D eigenvalue weighted by Gasteiger charge is 2.17. The van der Waals surface area contributed by atoms with E-state index in [4.69, 9.17) is 4.74 Å². The van der Waals surface area contributed by atoms with Crippen molar-refractivity contribution in [1.82, 2.24) is 0 Å². The minimum Gasteiger partial charge on any atom is -0.468 e. The van der Waals surface area contributed by atoms with E-state index in [1.807, 2.05) is 38.1 Å². The van der Waals surface area contributed by atoms with Crippen molar-refractivity contribution >= 4 is 23.5 Å². The maximum atomic E-state index is 12.2. The number of ether oxygens (including phenoxy) is 1. The number of methoxy groups -OCH3 is 1. The van der Waals surface area contributed by atoms with Crippen molar-refractivity contribution in [3.8, 4) is 0 Å². The van der Waals surface area contributed by atoms with Crippen molar-refractivity contribution in [2.75, 3.05) is 7.11 Å².